The van der Waals surface area contributed by atoms with Crippen LogP contribution in [0.15, 0.2) is 60.9 Å². The number of carbonyl (C=O) groups excluding carboxylic acids is 2. The summed E-state index contributed by atoms with van der Waals surface area (Å²) >= 11 is 1.59. The Morgan fingerprint density at radius 3 is 2.38 bits per heavy atom. The van der Waals surface area contributed by atoms with E-state index in [1.165, 1.54) is 11.1 Å². The first-order chi connectivity index (χ1) is 18.9. The molecule has 39 heavy (non-hydrogen) atoms. The van der Waals surface area contributed by atoms with Crippen molar-refractivity contribution in [3.63, 3.8) is 0 Å². The zero-order chi connectivity index (χ0) is 27.4. The summed E-state index contributed by atoms with van der Waals surface area (Å²) in [5, 5.41) is 2.98. The number of benzene rings is 2. The highest BCUT2D eigenvalue weighted by atomic mass is 32.1. The number of carbonyl (C=O) groups is 2. The van der Waals surface area contributed by atoms with Crippen LogP contribution < -0.4 is 5.32 Å². The first kappa shape index (κ1) is 27.1. The van der Waals surface area contributed by atoms with Gasteiger partial charge >= 0.3 is 5.97 Å². The van der Waals surface area contributed by atoms with Crippen LogP contribution in [0.1, 0.15) is 91.9 Å². The van der Waals surface area contributed by atoms with Crippen LogP contribution in [-0.2, 0) is 16.1 Å². The van der Waals surface area contributed by atoms with Gasteiger partial charge in [0.15, 0.2) is 4.96 Å². The molecular formula is C32H37N3O3S. The second-order valence-corrected chi connectivity index (χ2v) is 11.8. The van der Waals surface area contributed by atoms with Crippen molar-refractivity contribution in [2.45, 2.75) is 71.3 Å². The number of imidazole rings is 1. The molecule has 2 aromatic carbocycles. The summed E-state index contributed by atoms with van der Waals surface area (Å²) in [6.45, 7) is 7.14. The van der Waals surface area contributed by atoms with E-state index in [0.717, 1.165) is 46.6 Å². The van der Waals surface area contributed by atoms with Crippen molar-refractivity contribution in [1.29, 1.82) is 0 Å². The van der Waals surface area contributed by atoms with Gasteiger partial charge in [0.05, 0.1) is 11.5 Å². The van der Waals surface area contributed by atoms with Crippen LogP contribution in [0.25, 0.3) is 15.4 Å². The molecule has 1 saturated carbocycles. The predicted octanol–water partition coefficient (Wildman–Crippen LogP) is 7.34. The summed E-state index contributed by atoms with van der Waals surface area (Å²) in [4.78, 5) is 31.0. The molecule has 1 aliphatic carbocycles. The molecule has 7 heteroatoms. The lowest BCUT2D eigenvalue weighted by atomic mass is 9.77. The van der Waals surface area contributed by atoms with Crippen molar-refractivity contribution >= 4 is 28.2 Å². The first-order valence-electron chi connectivity index (χ1n) is 14.0. The van der Waals surface area contributed by atoms with Crippen LogP contribution in [0.2, 0.25) is 0 Å². The molecule has 1 aliphatic rings. The average Bonchev–Trinajstić information content (AvgIpc) is 3.53. The van der Waals surface area contributed by atoms with Gasteiger partial charge in [0.1, 0.15) is 5.69 Å². The van der Waals surface area contributed by atoms with Crippen molar-refractivity contribution < 1.29 is 14.3 Å². The van der Waals surface area contributed by atoms with E-state index >= 15 is 0 Å². The van der Waals surface area contributed by atoms with Crippen molar-refractivity contribution in [3.8, 4) is 10.4 Å². The molecule has 0 spiro atoms. The lowest BCUT2D eigenvalue weighted by molar-refractivity contribution is -0.144. The largest absolute Gasteiger partial charge is 0.466 e. The summed E-state index contributed by atoms with van der Waals surface area (Å²) in [5.74, 6) is 1.26. The highest BCUT2D eigenvalue weighted by Gasteiger charge is 2.24. The minimum Gasteiger partial charge on any atom is -0.466 e. The zero-order valence-corrected chi connectivity index (χ0v) is 23.8. The maximum atomic E-state index is 12.7. The maximum absolute atomic E-state index is 12.7. The molecule has 4 aromatic rings. The van der Waals surface area contributed by atoms with Gasteiger partial charge in [0.2, 0.25) is 0 Å². The van der Waals surface area contributed by atoms with E-state index in [4.69, 9.17) is 4.74 Å². The van der Waals surface area contributed by atoms with E-state index in [1.54, 1.807) is 17.5 Å². The molecule has 1 fully saturated rings. The molecule has 0 saturated heterocycles. The summed E-state index contributed by atoms with van der Waals surface area (Å²) in [6.07, 6.45) is 8.78. The van der Waals surface area contributed by atoms with Gasteiger partial charge in [-0.05, 0) is 72.6 Å². The third-order valence-electron chi connectivity index (χ3n) is 7.76. The number of hydrogen-bond donors (Lipinski definition) is 1. The Hall–Kier alpha value is -3.45. The Balaban J connectivity index is 1.16. The number of fused-ring (bicyclic) bond motifs is 1. The third kappa shape index (κ3) is 6.59. The van der Waals surface area contributed by atoms with E-state index < -0.39 is 0 Å². The average molecular weight is 544 g/mol. The van der Waals surface area contributed by atoms with Gasteiger partial charge in [-0.25, -0.2) is 4.98 Å². The van der Waals surface area contributed by atoms with E-state index in [9.17, 15) is 9.59 Å². The molecule has 1 N–H and O–H groups in total. The van der Waals surface area contributed by atoms with E-state index in [0.29, 0.717) is 43.0 Å². The molecule has 204 valence electrons. The molecule has 0 aliphatic heterocycles. The number of hydrogen-bond acceptors (Lipinski definition) is 5. The zero-order valence-electron chi connectivity index (χ0n) is 23.0. The molecule has 0 atom stereocenters. The standard InChI is InChI=1S/C32H37N3O3S/c1-4-38-30(36)17-22-5-11-25(12-6-22)26-13-15-27(16-14-26)29-20-35-19-28(34-32(35)39-29)31(37)33-18-23-7-9-24(10-8-23)21(2)3/h7-10,13-16,19-22,25H,4-6,11-12,17-18H2,1-3H3,(H,33,37)/t22-,25-. The Labute approximate surface area is 234 Å². The summed E-state index contributed by atoms with van der Waals surface area (Å²) in [5.41, 5.74) is 5.32. The topological polar surface area (TPSA) is 72.7 Å². The van der Waals surface area contributed by atoms with Crippen LogP contribution in [0.3, 0.4) is 0 Å². The lowest BCUT2D eigenvalue weighted by Crippen LogP contribution is -2.23. The fourth-order valence-electron chi connectivity index (χ4n) is 5.41. The Kier molecular flexibility index (Phi) is 8.46. The number of amides is 1. The van der Waals surface area contributed by atoms with Gasteiger partial charge in [0, 0.05) is 25.4 Å². The van der Waals surface area contributed by atoms with Crippen molar-refractivity contribution in [1.82, 2.24) is 14.7 Å². The van der Waals surface area contributed by atoms with Crippen LogP contribution in [0.5, 0.6) is 0 Å². The monoisotopic (exact) mass is 543 g/mol. The normalized spacial score (nSPS) is 17.4. The van der Waals surface area contributed by atoms with Gasteiger partial charge < -0.3 is 10.1 Å². The number of thiazole rings is 1. The Bertz CT molecular complexity index is 1380. The van der Waals surface area contributed by atoms with Gasteiger partial charge in [0.25, 0.3) is 5.91 Å². The fourth-order valence-corrected chi connectivity index (χ4v) is 6.38. The van der Waals surface area contributed by atoms with Gasteiger partial charge in [-0.2, -0.15) is 0 Å². The molecule has 0 bridgehead atoms. The Morgan fingerprint density at radius 2 is 1.74 bits per heavy atom. The van der Waals surface area contributed by atoms with Gasteiger partial charge in [-0.1, -0.05) is 73.7 Å². The molecule has 2 aromatic heterocycles. The number of ether oxygens (including phenoxy) is 1. The molecule has 1 amide bonds. The summed E-state index contributed by atoms with van der Waals surface area (Å²) in [7, 11) is 0. The van der Waals surface area contributed by atoms with E-state index in [-0.39, 0.29) is 11.9 Å². The van der Waals surface area contributed by atoms with Gasteiger partial charge in [-0.15, -0.1) is 0 Å². The second-order valence-electron chi connectivity index (χ2n) is 10.8. The summed E-state index contributed by atoms with van der Waals surface area (Å²) < 4.78 is 7.05. The molecular weight excluding hydrogens is 506 g/mol. The fraction of sp³-hybridized carbons (Fsp3) is 0.406. The van der Waals surface area contributed by atoms with Gasteiger partial charge in [-0.3, -0.25) is 14.0 Å². The number of rotatable bonds is 9. The molecule has 5 rings (SSSR count). The quantitative estimate of drug-likeness (QED) is 0.224. The van der Waals surface area contributed by atoms with Crippen LogP contribution in [-0.4, -0.2) is 27.9 Å². The van der Waals surface area contributed by atoms with Crippen molar-refractivity contribution in [3.05, 3.63) is 83.3 Å². The summed E-state index contributed by atoms with van der Waals surface area (Å²) in [6, 6.07) is 17.2. The second kappa shape index (κ2) is 12.2. The highest BCUT2D eigenvalue weighted by Crippen LogP contribution is 2.38. The van der Waals surface area contributed by atoms with E-state index in [2.05, 4.69) is 72.7 Å². The molecule has 0 unspecified atom stereocenters. The van der Waals surface area contributed by atoms with Crippen molar-refractivity contribution in [2.24, 2.45) is 5.92 Å². The number of aromatic nitrogens is 2. The molecule has 2 heterocycles. The smallest absolute Gasteiger partial charge is 0.306 e. The lowest BCUT2D eigenvalue weighted by Gasteiger charge is -2.28. The third-order valence-corrected chi connectivity index (χ3v) is 8.81. The first-order valence-corrected chi connectivity index (χ1v) is 14.8. The Morgan fingerprint density at radius 1 is 1.03 bits per heavy atom. The predicted molar refractivity (Wildman–Crippen MR) is 156 cm³/mol. The van der Waals surface area contributed by atoms with Crippen LogP contribution in [0.4, 0.5) is 0 Å². The van der Waals surface area contributed by atoms with E-state index in [1.807, 2.05) is 17.5 Å². The van der Waals surface area contributed by atoms with Crippen molar-refractivity contribution in [2.75, 3.05) is 6.61 Å². The number of nitrogens with one attached hydrogen (secondary N) is 1. The molecule has 0 radical (unpaired) electrons. The van der Waals surface area contributed by atoms with Crippen LogP contribution in [0, 0.1) is 5.92 Å². The number of esters is 1. The number of nitrogens with zero attached hydrogens (tertiary/aromatic N) is 2. The van der Waals surface area contributed by atoms with Crippen LogP contribution >= 0.6 is 11.3 Å². The minimum atomic E-state index is -0.165. The maximum Gasteiger partial charge on any atom is 0.306 e. The highest BCUT2D eigenvalue weighted by molar-refractivity contribution is 7.20. The minimum absolute atomic E-state index is 0.0623. The molecule has 6 nitrogen and oxygen atoms in total. The SMILES string of the molecule is CCOC(=O)C[C@H]1CC[C@H](c2ccc(-c3cn4cc(C(=O)NCc5ccc(C(C)C)cc5)nc4s3)cc2)CC1.